The lowest BCUT2D eigenvalue weighted by molar-refractivity contribution is 0.158. The molecule has 1 N–H and O–H groups in total. The molecule has 0 saturated carbocycles. The number of nitrogens with one attached hydrogen (secondary N) is 1. The number of aromatic nitrogens is 2. The van der Waals surface area contributed by atoms with Gasteiger partial charge in [-0.25, -0.2) is 0 Å². The predicted molar refractivity (Wildman–Crippen MR) is 66.3 cm³/mol. The van der Waals surface area contributed by atoms with E-state index in [-0.39, 0.29) is 11.0 Å². The van der Waals surface area contributed by atoms with Crippen molar-refractivity contribution in [3.8, 4) is 0 Å². The zero-order valence-electron chi connectivity index (χ0n) is 10.9. The third-order valence-corrected chi connectivity index (χ3v) is 3.93. The molecule has 0 amide bonds. The van der Waals surface area contributed by atoms with E-state index in [0.717, 1.165) is 13.0 Å². The highest BCUT2D eigenvalue weighted by Gasteiger charge is 2.44. The van der Waals surface area contributed by atoms with Crippen LogP contribution in [0.3, 0.4) is 0 Å². The maximum absolute atomic E-state index is 4.51. The molecule has 0 aromatic carbocycles. The summed E-state index contributed by atoms with van der Waals surface area (Å²) in [5.74, 6) is 0. The van der Waals surface area contributed by atoms with Crippen molar-refractivity contribution >= 4 is 0 Å². The third kappa shape index (κ3) is 2.01. The smallest absolute Gasteiger partial charge is 0.0643 e. The van der Waals surface area contributed by atoms with Gasteiger partial charge in [-0.1, -0.05) is 20.8 Å². The summed E-state index contributed by atoms with van der Waals surface area (Å²) >= 11 is 0. The Balaban J connectivity index is 2.21. The predicted octanol–water partition coefficient (Wildman–Crippen LogP) is 2.13. The molecule has 90 valence electrons. The molecular formula is C13H23N3. The minimum Gasteiger partial charge on any atom is -0.310 e. The van der Waals surface area contributed by atoms with E-state index >= 15 is 0 Å². The van der Waals surface area contributed by atoms with Gasteiger partial charge in [-0.3, -0.25) is 4.68 Å². The molecule has 1 aliphatic rings. The second-order valence-corrected chi connectivity index (χ2v) is 6.02. The monoisotopic (exact) mass is 221 g/mol. The molecule has 1 aromatic heterocycles. The van der Waals surface area contributed by atoms with Crippen molar-refractivity contribution in [1.29, 1.82) is 0 Å². The first kappa shape index (κ1) is 11.6. The van der Waals surface area contributed by atoms with E-state index < -0.39 is 0 Å². The Morgan fingerprint density at radius 3 is 2.69 bits per heavy atom. The van der Waals surface area contributed by atoms with Gasteiger partial charge in [0.1, 0.15) is 0 Å². The highest BCUT2D eigenvalue weighted by Crippen LogP contribution is 2.39. The van der Waals surface area contributed by atoms with Crippen LogP contribution in [0.15, 0.2) is 12.3 Å². The van der Waals surface area contributed by atoms with Gasteiger partial charge in [0, 0.05) is 25.2 Å². The van der Waals surface area contributed by atoms with Crippen molar-refractivity contribution < 1.29 is 0 Å². The van der Waals surface area contributed by atoms with E-state index in [0.29, 0.717) is 0 Å². The number of aryl methyl sites for hydroxylation is 1. The van der Waals surface area contributed by atoms with E-state index in [9.17, 15) is 0 Å². The van der Waals surface area contributed by atoms with Crippen LogP contribution >= 0.6 is 0 Å². The summed E-state index contributed by atoms with van der Waals surface area (Å²) < 4.78 is 1.89. The minimum atomic E-state index is 0.224. The van der Waals surface area contributed by atoms with E-state index in [1.54, 1.807) is 0 Å². The molecule has 2 heterocycles. The van der Waals surface area contributed by atoms with Crippen LogP contribution in [0.25, 0.3) is 0 Å². The van der Waals surface area contributed by atoms with Gasteiger partial charge in [0.25, 0.3) is 0 Å². The van der Waals surface area contributed by atoms with Crippen LogP contribution in [-0.2, 0) is 13.5 Å². The molecular weight excluding hydrogens is 198 g/mol. The summed E-state index contributed by atoms with van der Waals surface area (Å²) in [5.41, 5.74) is 1.70. The molecule has 0 bridgehead atoms. The number of rotatable bonds is 2. The maximum Gasteiger partial charge on any atom is 0.0643 e. The fraction of sp³-hybridized carbons (Fsp3) is 0.769. The van der Waals surface area contributed by atoms with Gasteiger partial charge in [-0.05, 0) is 30.9 Å². The van der Waals surface area contributed by atoms with Gasteiger partial charge in [-0.15, -0.1) is 0 Å². The molecule has 0 radical (unpaired) electrons. The highest BCUT2D eigenvalue weighted by molar-refractivity contribution is 5.12. The lowest BCUT2D eigenvalue weighted by Gasteiger charge is -2.42. The van der Waals surface area contributed by atoms with Crippen LogP contribution in [0.1, 0.15) is 39.3 Å². The lowest BCUT2D eigenvalue weighted by atomic mass is 9.70. The van der Waals surface area contributed by atoms with Crippen molar-refractivity contribution in [2.75, 3.05) is 6.54 Å². The summed E-state index contributed by atoms with van der Waals surface area (Å²) in [6.07, 6.45) is 5.61. The fourth-order valence-electron chi connectivity index (χ4n) is 2.73. The number of hydrogen-bond acceptors (Lipinski definition) is 2. The molecule has 16 heavy (non-hydrogen) atoms. The van der Waals surface area contributed by atoms with Gasteiger partial charge in [0.05, 0.1) is 5.69 Å². The highest BCUT2D eigenvalue weighted by atomic mass is 15.2. The topological polar surface area (TPSA) is 29.9 Å². The maximum atomic E-state index is 4.51. The summed E-state index contributed by atoms with van der Waals surface area (Å²) in [6, 6.07) is 2.13. The Kier molecular flexibility index (Phi) is 2.82. The first-order valence-corrected chi connectivity index (χ1v) is 6.17. The average molecular weight is 221 g/mol. The second-order valence-electron chi connectivity index (χ2n) is 6.02. The minimum absolute atomic E-state index is 0.224. The standard InChI is InChI=1S/C13H23N3/c1-12(2,3)13(7-5-8-14-13)10-11-6-9-16(4)15-11/h6,9,14H,5,7-8,10H2,1-4H3. The fourth-order valence-corrected chi connectivity index (χ4v) is 2.73. The summed E-state index contributed by atoms with van der Waals surface area (Å²) in [7, 11) is 1.98. The van der Waals surface area contributed by atoms with Gasteiger partial charge >= 0.3 is 0 Å². The van der Waals surface area contributed by atoms with Crippen LogP contribution in [0.4, 0.5) is 0 Å². The normalized spacial score (nSPS) is 26.2. The van der Waals surface area contributed by atoms with Crippen molar-refractivity contribution in [3.05, 3.63) is 18.0 Å². The van der Waals surface area contributed by atoms with Crippen LogP contribution in [-0.4, -0.2) is 21.9 Å². The molecule has 2 rings (SSSR count). The van der Waals surface area contributed by atoms with E-state index in [2.05, 4.69) is 37.3 Å². The molecule has 1 aliphatic heterocycles. The largest absolute Gasteiger partial charge is 0.310 e. The Morgan fingerprint density at radius 2 is 2.25 bits per heavy atom. The molecule has 0 aliphatic carbocycles. The quantitative estimate of drug-likeness (QED) is 0.829. The Morgan fingerprint density at radius 1 is 1.50 bits per heavy atom. The lowest BCUT2D eigenvalue weighted by Crippen LogP contribution is -2.52. The average Bonchev–Trinajstić information content (AvgIpc) is 2.75. The van der Waals surface area contributed by atoms with Crippen molar-refractivity contribution in [2.45, 2.75) is 45.6 Å². The zero-order valence-corrected chi connectivity index (χ0v) is 10.9. The third-order valence-electron chi connectivity index (χ3n) is 3.93. The summed E-state index contributed by atoms with van der Waals surface area (Å²) in [6.45, 7) is 8.13. The van der Waals surface area contributed by atoms with Crippen LogP contribution in [0.5, 0.6) is 0 Å². The molecule has 1 unspecified atom stereocenters. The van der Waals surface area contributed by atoms with Crippen molar-refractivity contribution in [2.24, 2.45) is 12.5 Å². The van der Waals surface area contributed by atoms with Crippen molar-refractivity contribution in [1.82, 2.24) is 15.1 Å². The number of hydrogen-bond donors (Lipinski definition) is 1. The molecule has 1 fully saturated rings. The molecule has 1 atom stereocenters. The van der Waals surface area contributed by atoms with Gasteiger partial charge < -0.3 is 5.32 Å². The Bertz CT molecular complexity index is 353. The molecule has 1 saturated heterocycles. The first-order chi connectivity index (χ1) is 7.43. The molecule has 3 nitrogen and oxygen atoms in total. The Labute approximate surface area is 98.2 Å². The number of nitrogens with zero attached hydrogens (tertiary/aromatic N) is 2. The van der Waals surface area contributed by atoms with Crippen LogP contribution in [0, 0.1) is 5.41 Å². The van der Waals surface area contributed by atoms with Gasteiger partial charge in [-0.2, -0.15) is 5.10 Å². The molecule has 0 spiro atoms. The SMILES string of the molecule is Cn1ccc(CC2(C(C)(C)C)CCCN2)n1. The summed E-state index contributed by atoms with van der Waals surface area (Å²) in [4.78, 5) is 0. The van der Waals surface area contributed by atoms with Crippen LogP contribution < -0.4 is 5.32 Å². The summed E-state index contributed by atoms with van der Waals surface area (Å²) in [5, 5.41) is 8.23. The molecule has 1 aromatic rings. The van der Waals surface area contributed by atoms with E-state index in [1.165, 1.54) is 18.5 Å². The van der Waals surface area contributed by atoms with Crippen LogP contribution in [0.2, 0.25) is 0 Å². The Hall–Kier alpha value is -0.830. The zero-order chi connectivity index (χ0) is 11.8. The molecule has 3 heteroatoms. The first-order valence-electron chi connectivity index (χ1n) is 6.17. The van der Waals surface area contributed by atoms with Crippen molar-refractivity contribution in [3.63, 3.8) is 0 Å². The second kappa shape index (κ2) is 3.88. The van der Waals surface area contributed by atoms with Gasteiger partial charge in [0.15, 0.2) is 0 Å². The van der Waals surface area contributed by atoms with E-state index in [1.807, 2.05) is 17.9 Å². The van der Waals surface area contributed by atoms with E-state index in [4.69, 9.17) is 0 Å². The van der Waals surface area contributed by atoms with Gasteiger partial charge in [0.2, 0.25) is 0 Å².